The Labute approximate surface area is 112 Å². The fourth-order valence-corrected chi connectivity index (χ4v) is 2.66. The molecule has 1 aliphatic rings. The SMILES string of the molecule is OC1(O)C=C=CC1(c1ccccc1)c1ccccc1. The van der Waals surface area contributed by atoms with Crippen molar-refractivity contribution in [3.63, 3.8) is 0 Å². The van der Waals surface area contributed by atoms with Gasteiger partial charge in [0.25, 0.3) is 0 Å². The summed E-state index contributed by atoms with van der Waals surface area (Å²) in [6.45, 7) is 0. The highest BCUT2D eigenvalue weighted by Crippen LogP contribution is 2.44. The van der Waals surface area contributed by atoms with E-state index in [1.165, 1.54) is 6.08 Å². The van der Waals surface area contributed by atoms with Crippen molar-refractivity contribution in [2.45, 2.75) is 11.2 Å². The van der Waals surface area contributed by atoms with Crippen LogP contribution in [0.15, 0.2) is 78.5 Å². The van der Waals surface area contributed by atoms with Crippen molar-refractivity contribution < 1.29 is 10.2 Å². The Kier molecular flexibility index (Phi) is 2.65. The topological polar surface area (TPSA) is 40.5 Å². The molecule has 0 saturated heterocycles. The Balaban J connectivity index is 2.27. The maximum atomic E-state index is 10.4. The van der Waals surface area contributed by atoms with E-state index in [1.54, 1.807) is 6.08 Å². The smallest absolute Gasteiger partial charge is 0.208 e. The van der Waals surface area contributed by atoms with Crippen molar-refractivity contribution in [1.82, 2.24) is 0 Å². The zero-order valence-corrected chi connectivity index (χ0v) is 10.3. The van der Waals surface area contributed by atoms with Crippen LogP contribution in [0.2, 0.25) is 0 Å². The van der Waals surface area contributed by atoms with E-state index in [1.807, 2.05) is 60.7 Å². The average Bonchev–Trinajstić information content (AvgIpc) is 2.77. The second-order valence-electron chi connectivity index (χ2n) is 4.72. The molecule has 0 heterocycles. The minimum Gasteiger partial charge on any atom is -0.361 e. The molecule has 2 aromatic rings. The fourth-order valence-electron chi connectivity index (χ4n) is 2.66. The first-order valence-corrected chi connectivity index (χ1v) is 6.17. The van der Waals surface area contributed by atoms with Crippen LogP contribution in [-0.4, -0.2) is 16.0 Å². The predicted molar refractivity (Wildman–Crippen MR) is 73.5 cm³/mol. The highest BCUT2D eigenvalue weighted by Gasteiger charge is 2.51. The van der Waals surface area contributed by atoms with Crippen LogP contribution in [0, 0.1) is 0 Å². The van der Waals surface area contributed by atoms with Gasteiger partial charge in [-0.15, -0.1) is 5.73 Å². The van der Waals surface area contributed by atoms with Crippen LogP contribution in [0.1, 0.15) is 11.1 Å². The van der Waals surface area contributed by atoms with Crippen molar-refractivity contribution in [3.05, 3.63) is 89.7 Å². The lowest BCUT2D eigenvalue weighted by atomic mass is 9.70. The van der Waals surface area contributed by atoms with Gasteiger partial charge in [0.1, 0.15) is 5.41 Å². The zero-order valence-electron chi connectivity index (χ0n) is 10.3. The number of aliphatic hydroxyl groups is 2. The van der Waals surface area contributed by atoms with Crippen molar-refractivity contribution in [2.24, 2.45) is 0 Å². The van der Waals surface area contributed by atoms with Gasteiger partial charge in [-0.2, -0.15) is 0 Å². The first-order valence-electron chi connectivity index (χ1n) is 6.17. The molecule has 0 atom stereocenters. The molecule has 19 heavy (non-hydrogen) atoms. The van der Waals surface area contributed by atoms with Crippen LogP contribution in [0.3, 0.4) is 0 Å². The van der Waals surface area contributed by atoms with Crippen molar-refractivity contribution in [1.29, 1.82) is 0 Å². The van der Waals surface area contributed by atoms with Gasteiger partial charge < -0.3 is 10.2 Å². The summed E-state index contributed by atoms with van der Waals surface area (Å²) in [6.07, 6.45) is 3.02. The van der Waals surface area contributed by atoms with Gasteiger partial charge in [-0.05, 0) is 17.2 Å². The summed E-state index contributed by atoms with van der Waals surface area (Å²) in [5.74, 6) is -1.98. The van der Waals surface area contributed by atoms with Crippen LogP contribution >= 0.6 is 0 Å². The van der Waals surface area contributed by atoms with E-state index in [4.69, 9.17) is 0 Å². The molecule has 1 aliphatic carbocycles. The molecule has 3 rings (SSSR count). The lowest BCUT2D eigenvalue weighted by Crippen LogP contribution is -2.48. The molecule has 2 N–H and O–H groups in total. The molecule has 0 bridgehead atoms. The first kappa shape index (κ1) is 11.9. The fraction of sp³-hybridized carbons (Fsp3) is 0.118. The molecular formula is C17H14O2. The van der Waals surface area contributed by atoms with E-state index >= 15 is 0 Å². The zero-order chi connectivity index (χ0) is 13.3. The molecule has 0 fully saturated rings. The molecule has 2 nitrogen and oxygen atoms in total. The van der Waals surface area contributed by atoms with Crippen LogP contribution in [0.5, 0.6) is 0 Å². The van der Waals surface area contributed by atoms with E-state index in [-0.39, 0.29) is 0 Å². The Hall–Kier alpha value is -2.12. The summed E-state index contributed by atoms with van der Waals surface area (Å²) in [5.41, 5.74) is 3.50. The molecule has 0 spiro atoms. The molecule has 94 valence electrons. The van der Waals surface area contributed by atoms with Crippen LogP contribution in [-0.2, 0) is 5.41 Å². The average molecular weight is 250 g/mol. The maximum Gasteiger partial charge on any atom is 0.208 e. The minimum absolute atomic E-state index is 0.826. The molecule has 2 heteroatoms. The maximum absolute atomic E-state index is 10.4. The third-order valence-corrected chi connectivity index (χ3v) is 3.62. The predicted octanol–water partition coefficient (Wildman–Crippen LogP) is 2.38. The van der Waals surface area contributed by atoms with Crippen LogP contribution < -0.4 is 0 Å². The van der Waals surface area contributed by atoms with Gasteiger partial charge in [0.15, 0.2) is 0 Å². The molecule has 0 radical (unpaired) electrons. The molecule has 0 amide bonds. The molecule has 0 unspecified atom stereocenters. The summed E-state index contributed by atoms with van der Waals surface area (Å²) in [7, 11) is 0. The normalized spacial score (nSPS) is 18.6. The quantitative estimate of drug-likeness (QED) is 0.634. The highest BCUT2D eigenvalue weighted by molar-refractivity contribution is 5.51. The number of hydrogen-bond donors (Lipinski definition) is 2. The lowest BCUT2D eigenvalue weighted by molar-refractivity contribution is -0.146. The molecule has 0 aromatic heterocycles. The molecule has 2 aromatic carbocycles. The lowest BCUT2D eigenvalue weighted by Gasteiger charge is -2.38. The third-order valence-electron chi connectivity index (χ3n) is 3.62. The Morgan fingerprint density at radius 1 is 0.684 bits per heavy atom. The second-order valence-corrected chi connectivity index (χ2v) is 4.72. The van der Waals surface area contributed by atoms with Crippen molar-refractivity contribution in [2.75, 3.05) is 0 Å². The van der Waals surface area contributed by atoms with Crippen LogP contribution in [0.4, 0.5) is 0 Å². The first-order chi connectivity index (χ1) is 9.17. The standard InChI is InChI=1S/C17H14O2/c18-17(19)13-7-12-16(17,14-8-3-1-4-9-14)15-10-5-2-6-11-15/h1-6,8-13,18-19H. The van der Waals surface area contributed by atoms with E-state index in [0.717, 1.165) is 11.1 Å². The van der Waals surface area contributed by atoms with E-state index < -0.39 is 11.2 Å². The number of benzene rings is 2. The molecular weight excluding hydrogens is 236 g/mol. The monoisotopic (exact) mass is 250 g/mol. The van der Waals surface area contributed by atoms with Crippen LogP contribution in [0.25, 0.3) is 0 Å². The third kappa shape index (κ3) is 1.66. The van der Waals surface area contributed by atoms with Gasteiger partial charge in [-0.3, -0.25) is 0 Å². The van der Waals surface area contributed by atoms with Gasteiger partial charge in [0.2, 0.25) is 5.79 Å². The largest absolute Gasteiger partial charge is 0.361 e. The van der Waals surface area contributed by atoms with Gasteiger partial charge >= 0.3 is 0 Å². The van der Waals surface area contributed by atoms with E-state index in [2.05, 4.69) is 5.73 Å². The van der Waals surface area contributed by atoms with Gasteiger partial charge in [0, 0.05) is 6.08 Å². The molecule has 0 aliphatic heterocycles. The van der Waals surface area contributed by atoms with Gasteiger partial charge in [0.05, 0.1) is 0 Å². The summed E-state index contributed by atoms with van der Waals surface area (Å²) < 4.78 is 0. The number of hydrogen-bond acceptors (Lipinski definition) is 2. The second kappa shape index (κ2) is 4.22. The van der Waals surface area contributed by atoms with E-state index in [9.17, 15) is 10.2 Å². The Morgan fingerprint density at radius 3 is 1.53 bits per heavy atom. The van der Waals surface area contributed by atoms with Gasteiger partial charge in [-0.1, -0.05) is 60.7 Å². The van der Waals surface area contributed by atoms with E-state index in [0.29, 0.717) is 0 Å². The summed E-state index contributed by atoms with van der Waals surface area (Å²) >= 11 is 0. The highest BCUT2D eigenvalue weighted by atomic mass is 16.5. The Bertz CT molecular complexity index is 596. The van der Waals surface area contributed by atoms with Crippen molar-refractivity contribution in [3.8, 4) is 0 Å². The minimum atomic E-state index is -1.98. The summed E-state index contributed by atoms with van der Waals surface area (Å²) in [5, 5.41) is 20.8. The Morgan fingerprint density at radius 2 is 1.16 bits per heavy atom. The summed E-state index contributed by atoms with van der Waals surface area (Å²) in [6, 6.07) is 19.0. The molecule has 0 saturated carbocycles. The summed E-state index contributed by atoms with van der Waals surface area (Å²) in [4.78, 5) is 0. The van der Waals surface area contributed by atoms with Gasteiger partial charge in [-0.25, -0.2) is 0 Å². The number of rotatable bonds is 2. The van der Waals surface area contributed by atoms with Crippen molar-refractivity contribution >= 4 is 0 Å².